The van der Waals surface area contributed by atoms with Crippen LogP contribution in [0.5, 0.6) is 0 Å². The number of carbonyl (C=O) groups is 3. The van der Waals surface area contributed by atoms with E-state index in [9.17, 15) is 19.5 Å². The van der Waals surface area contributed by atoms with Crippen molar-refractivity contribution >= 4 is 35.1 Å². The smallest absolute Gasteiger partial charge is 0.312 e. The minimum Gasteiger partial charge on any atom is -0.466 e. The molecule has 3 fully saturated rings. The molecule has 3 heterocycles. The Labute approximate surface area is 210 Å². The van der Waals surface area contributed by atoms with E-state index < -0.39 is 41.1 Å². The van der Waals surface area contributed by atoms with E-state index in [1.165, 1.54) is 4.90 Å². The topological polar surface area (TPSA) is 96.4 Å². The summed E-state index contributed by atoms with van der Waals surface area (Å²) in [5, 5.41) is 10.5. The van der Waals surface area contributed by atoms with Crippen LogP contribution < -0.4 is 4.90 Å². The number of rotatable bonds is 9. The van der Waals surface area contributed by atoms with Crippen LogP contribution in [0.25, 0.3) is 0 Å². The lowest BCUT2D eigenvalue weighted by Gasteiger charge is -2.38. The van der Waals surface area contributed by atoms with Gasteiger partial charge in [0.1, 0.15) is 17.6 Å². The van der Waals surface area contributed by atoms with E-state index in [0.29, 0.717) is 30.0 Å². The van der Waals surface area contributed by atoms with Gasteiger partial charge in [-0.25, -0.2) is 0 Å². The first-order valence-corrected chi connectivity index (χ1v) is 12.6. The number of anilines is 1. The van der Waals surface area contributed by atoms with Gasteiger partial charge in [-0.3, -0.25) is 14.4 Å². The van der Waals surface area contributed by atoms with Crippen molar-refractivity contribution in [2.45, 2.75) is 63.3 Å². The molecule has 3 aliphatic heterocycles. The van der Waals surface area contributed by atoms with Crippen LogP contribution in [0.2, 0.25) is 5.02 Å². The SMILES string of the molecule is C=CCN(C(=O)C1N([C@H](C)CO)C(=O)[C@@H]2[C@H](C(=O)OCC)[C@]3(CC)CCC12O3)c1ccc(Cl)cc1. The maximum absolute atomic E-state index is 14.3. The van der Waals surface area contributed by atoms with E-state index in [4.69, 9.17) is 21.1 Å². The van der Waals surface area contributed by atoms with Gasteiger partial charge in [0.05, 0.1) is 30.8 Å². The number of aliphatic hydroxyl groups is 1. The number of hydrogen-bond donors (Lipinski definition) is 1. The third-order valence-electron chi connectivity index (χ3n) is 7.85. The van der Waals surface area contributed by atoms with E-state index in [-0.39, 0.29) is 31.6 Å². The Balaban J connectivity index is 1.84. The molecule has 2 amide bonds. The highest BCUT2D eigenvalue weighted by Crippen LogP contribution is 2.64. The van der Waals surface area contributed by atoms with Crippen molar-refractivity contribution in [2.24, 2.45) is 11.8 Å². The van der Waals surface area contributed by atoms with Gasteiger partial charge < -0.3 is 24.4 Å². The first kappa shape index (κ1) is 25.7. The maximum Gasteiger partial charge on any atom is 0.312 e. The van der Waals surface area contributed by atoms with Crippen molar-refractivity contribution in [2.75, 3.05) is 24.7 Å². The van der Waals surface area contributed by atoms with Gasteiger partial charge in [-0.15, -0.1) is 6.58 Å². The number of hydrogen-bond acceptors (Lipinski definition) is 6. The summed E-state index contributed by atoms with van der Waals surface area (Å²) in [5.41, 5.74) is -1.44. The molecule has 4 rings (SSSR count). The summed E-state index contributed by atoms with van der Waals surface area (Å²) in [6.45, 7) is 9.20. The minimum absolute atomic E-state index is 0.186. The number of benzene rings is 1. The number of nitrogens with zero attached hydrogens (tertiary/aromatic N) is 2. The Kier molecular flexibility index (Phi) is 7.01. The standard InChI is InChI=1S/C26H33ClN2O6/c1-5-14-28(18-10-8-17(27)9-11-18)23(32)21-26-13-12-25(6-2,35-26)20(24(33)34-7-3)19(26)22(31)29(21)16(4)15-30/h5,8-11,16,19-21,30H,1,6-7,12-15H2,2-4H3/t16-,19+,20-,21?,25+,26?/m1/s1. The maximum atomic E-state index is 14.3. The number of likely N-dealkylation sites (tertiary alicyclic amines) is 1. The molecule has 1 aromatic rings. The average molecular weight is 505 g/mol. The number of carbonyl (C=O) groups excluding carboxylic acids is 3. The van der Waals surface area contributed by atoms with Crippen molar-refractivity contribution in [1.29, 1.82) is 0 Å². The molecule has 190 valence electrons. The fraction of sp³-hybridized carbons (Fsp3) is 0.577. The van der Waals surface area contributed by atoms with Gasteiger partial charge >= 0.3 is 5.97 Å². The van der Waals surface area contributed by atoms with E-state index in [0.717, 1.165) is 0 Å². The zero-order valence-corrected chi connectivity index (χ0v) is 21.2. The molecule has 1 N–H and O–H groups in total. The minimum atomic E-state index is -1.18. The van der Waals surface area contributed by atoms with Crippen molar-refractivity contribution in [1.82, 2.24) is 4.90 Å². The van der Waals surface area contributed by atoms with Crippen LogP contribution in [-0.4, -0.2) is 70.8 Å². The summed E-state index contributed by atoms with van der Waals surface area (Å²) in [5.74, 6) is -2.83. The number of amides is 2. The van der Waals surface area contributed by atoms with Crippen LogP contribution in [0.15, 0.2) is 36.9 Å². The lowest BCUT2D eigenvalue weighted by Crippen LogP contribution is -2.58. The molecule has 9 heteroatoms. The van der Waals surface area contributed by atoms with Crippen LogP contribution in [0.3, 0.4) is 0 Å². The van der Waals surface area contributed by atoms with Crippen LogP contribution >= 0.6 is 11.6 Å². The van der Waals surface area contributed by atoms with Crippen LogP contribution in [0.1, 0.15) is 40.0 Å². The van der Waals surface area contributed by atoms with Gasteiger partial charge in [0.2, 0.25) is 5.91 Å². The molecule has 0 radical (unpaired) electrons. The second-order valence-corrected chi connectivity index (χ2v) is 10.0. The monoisotopic (exact) mass is 504 g/mol. The van der Waals surface area contributed by atoms with Gasteiger partial charge in [0.25, 0.3) is 5.91 Å². The molecule has 1 aromatic carbocycles. The first-order valence-electron chi connectivity index (χ1n) is 12.2. The highest BCUT2D eigenvalue weighted by Gasteiger charge is 2.79. The zero-order valence-electron chi connectivity index (χ0n) is 20.4. The Hall–Kier alpha value is -2.42. The molecule has 0 aromatic heterocycles. The molecule has 3 saturated heterocycles. The Morgan fingerprint density at radius 1 is 1.34 bits per heavy atom. The van der Waals surface area contributed by atoms with Crippen molar-refractivity contribution in [3.63, 3.8) is 0 Å². The van der Waals surface area contributed by atoms with Crippen molar-refractivity contribution in [3.05, 3.63) is 41.9 Å². The predicted molar refractivity (Wildman–Crippen MR) is 131 cm³/mol. The first-order chi connectivity index (χ1) is 16.7. The molecule has 0 aliphatic carbocycles. The molecule has 6 atom stereocenters. The van der Waals surface area contributed by atoms with Crippen molar-refractivity contribution < 1.29 is 29.0 Å². The summed E-state index contributed by atoms with van der Waals surface area (Å²) >= 11 is 6.06. The molecule has 35 heavy (non-hydrogen) atoms. The summed E-state index contributed by atoms with van der Waals surface area (Å²) in [4.78, 5) is 44.4. The normalized spacial score (nSPS) is 31.9. The van der Waals surface area contributed by atoms with Gasteiger partial charge in [0, 0.05) is 17.3 Å². The molecular weight excluding hydrogens is 472 g/mol. The van der Waals surface area contributed by atoms with Crippen LogP contribution in [0, 0.1) is 11.8 Å². The fourth-order valence-electron chi connectivity index (χ4n) is 6.31. The number of ether oxygens (including phenoxy) is 2. The predicted octanol–water partition coefficient (Wildman–Crippen LogP) is 2.96. The second kappa shape index (κ2) is 9.56. The number of halogens is 1. The summed E-state index contributed by atoms with van der Waals surface area (Å²) in [7, 11) is 0. The highest BCUT2D eigenvalue weighted by atomic mass is 35.5. The highest BCUT2D eigenvalue weighted by molar-refractivity contribution is 6.30. The summed E-state index contributed by atoms with van der Waals surface area (Å²) < 4.78 is 12.1. The van der Waals surface area contributed by atoms with E-state index >= 15 is 0 Å². The molecule has 0 saturated carbocycles. The fourth-order valence-corrected chi connectivity index (χ4v) is 6.43. The van der Waals surface area contributed by atoms with Gasteiger partial charge in [0.15, 0.2) is 0 Å². The van der Waals surface area contributed by atoms with E-state index in [2.05, 4.69) is 6.58 Å². The Morgan fingerprint density at radius 3 is 2.60 bits per heavy atom. The number of esters is 1. The Morgan fingerprint density at radius 2 is 2.03 bits per heavy atom. The van der Waals surface area contributed by atoms with Crippen LogP contribution in [-0.2, 0) is 23.9 Å². The summed E-state index contributed by atoms with van der Waals surface area (Å²) in [6, 6.07) is 5.20. The third-order valence-corrected chi connectivity index (χ3v) is 8.10. The number of aliphatic hydroxyl groups excluding tert-OH is 1. The summed E-state index contributed by atoms with van der Waals surface area (Å²) in [6.07, 6.45) is 3.14. The van der Waals surface area contributed by atoms with Gasteiger partial charge in [-0.05, 0) is 57.4 Å². The quantitative estimate of drug-likeness (QED) is 0.410. The van der Waals surface area contributed by atoms with Gasteiger partial charge in [-0.1, -0.05) is 24.6 Å². The molecule has 2 bridgehead atoms. The van der Waals surface area contributed by atoms with E-state index in [1.54, 1.807) is 49.1 Å². The third kappa shape index (κ3) is 3.77. The molecular formula is C26H33ClN2O6. The average Bonchev–Trinajstić information content (AvgIpc) is 3.46. The molecule has 2 unspecified atom stereocenters. The van der Waals surface area contributed by atoms with Crippen molar-refractivity contribution in [3.8, 4) is 0 Å². The molecule has 1 spiro atoms. The lowest BCUT2D eigenvalue weighted by molar-refractivity contribution is -0.161. The van der Waals surface area contributed by atoms with Crippen LogP contribution in [0.4, 0.5) is 5.69 Å². The molecule has 8 nitrogen and oxygen atoms in total. The zero-order chi connectivity index (χ0) is 25.5. The molecule has 3 aliphatic rings. The lowest BCUT2D eigenvalue weighted by atomic mass is 9.65. The second-order valence-electron chi connectivity index (χ2n) is 9.58. The van der Waals surface area contributed by atoms with Gasteiger partial charge in [-0.2, -0.15) is 0 Å². The van der Waals surface area contributed by atoms with E-state index in [1.807, 2.05) is 6.92 Å². The largest absolute Gasteiger partial charge is 0.466 e. The Bertz CT molecular complexity index is 1020. The number of fused-ring (bicyclic) bond motifs is 1.